The van der Waals surface area contributed by atoms with E-state index < -0.39 is 0 Å². The number of aromatic hydroxyl groups is 1. The maximum absolute atomic E-state index is 12.2. The second kappa shape index (κ2) is 7.98. The van der Waals surface area contributed by atoms with Gasteiger partial charge in [0.1, 0.15) is 6.61 Å². The van der Waals surface area contributed by atoms with Crippen LogP contribution in [0.3, 0.4) is 0 Å². The van der Waals surface area contributed by atoms with Crippen molar-refractivity contribution in [1.29, 1.82) is 0 Å². The lowest BCUT2D eigenvalue weighted by Gasteiger charge is -2.22. The summed E-state index contributed by atoms with van der Waals surface area (Å²) >= 11 is 6.09. The Hall–Kier alpha value is -2.24. The van der Waals surface area contributed by atoms with Gasteiger partial charge in [-0.2, -0.15) is 0 Å². The molecule has 0 unspecified atom stereocenters. The second-order valence-electron chi connectivity index (χ2n) is 6.46. The number of likely N-dealkylation sites (N-methyl/N-ethyl adjacent to an activating group) is 1. The van der Waals surface area contributed by atoms with Gasteiger partial charge in [-0.3, -0.25) is 9.69 Å². The van der Waals surface area contributed by atoms with E-state index in [0.29, 0.717) is 43.6 Å². The van der Waals surface area contributed by atoms with Gasteiger partial charge in [-0.1, -0.05) is 23.7 Å². The van der Waals surface area contributed by atoms with Gasteiger partial charge in [0, 0.05) is 37.3 Å². The number of amides is 1. The molecule has 138 valence electrons. The van der Waals surface area contributed by atoms with Gasteiger partial charge in [-0.25, -0.2) is 0 Å². The van der Waals surface area contributed by atoms with E-state index in [0.717, 1.165) is 16.7 Å². The van der Waals surface area contributed by atoms with Crippen molar-refractivity contribution in [3.8, 4) is 22.6 Å². The monoisotopic (exact) mass is 374 g/mol. The van der Waals surface area contributed by atoms with Crippen molar-refractivity contribution in [2.24, 2.45) is 0 Å². The zero-order valence-corrected chi connectivity index (χ0v) is 15.8. The molecule has 1 aliphatic rings. The molecule has 2 aromatic carbocycles. The highest BCUT2D eigenvalue weighted by Gasteiger charge is 2.22. The van der Waals surface area contributed by atoms with Crippen LogP contribution in [0.2, 0.25) is 5.02 Å². The van der Waals surface area contributed by atoms with Gasteiger partial charge >= 0.3 is 0 Å². The minimum atomic E-state index is 0.0752. The van der Waals surface area contributed by atoms with Gasteiger partial charge in [-0.15, -0.1) is 0 Å². The molecule has 3 rings (SSSR count). The first-order valence-electron chi connectivity index (χ1n) is 8.69. The first-order chi connectivity index (χ1) is 12.5. The number of ether oxygens (including phenoxy) is 1. The first kappa shape index (κ1) is 18.5. The van der Waals surface area contributed by atoms with Crippen LogP contribution in [0, 0.1) is 0 Å². The fraction of sp³-hybridized carbons (Fsp3) is 0.350. The Kier molecular flexibility index (Phi) is 5.69. The Bertz CT molecular complexity index is 810. The molecule has 0 bridgehead atoms. The third-order valence-electron chi connectivity index (χ3n) is 4.61. The summed E-state index contributed by atoms with van der Waals surface area (Å²) in [6, 6.07) is 11.2. The van der Waals surface area contributed by atoms with Crippen LogP contribution >= 0.6 is 11.6 Å². The number of benzene rings is 2. The van der Waals surface area contributed by atoms with E-state index in [1.165, 1.54) is 0 Å². The van der Waals surface area contributed by atoms with Gasteiger partial charge < -0.3 is 14.7 Å². The molecule has 5 nitrogen and oxygen atoms in total. The second-order valence-corrected chi connectivity index (χ2v) is 6.90. The summed E-state index contributed by atoms with van der Waals surface area (Å²) in [7, 11) is 1.80. The number of hydrogen-bond donors (Lipinski definition) is 1. The number of phenolic OH excluding ortho intramolecular Hbond substituents is 1. The highest BCUT2D eigenvalue weighted by molar-refractivity contribution is 6.30. The molecule has 0 spiro atoms. The van der Waals surface area contributed by atoms with Crippen LogP contribution in [-0.2, 0) is 11.3 Å². The number of rotatable bonds is 4. The summed E-state index contributed by atoms with van der Waals surface area (Å²) < 4.78 is 5.75. The Labute approximate surface area is 158 Å². The van der Waals surface area contributed by atoms with Gasteiger partial charge in [0.2, 0.25) is 5.91 Å². The number of phenols is 1. The highest BCUT2D eigenvalue weighted by Crippen LogP contribution is 2.38. The minimum absolute atomic E-state index is 0.0752. The highest BCUT2D eigenvalue weighted by atomic mass is 35.5. The van der Waals surface area contributed by atoms with Crippen molar-refractivity contribution in [3.05, 3.63) is 47.0 Å². The van der Waals surface area contributed by atoms with Crippen molar-refractivity contribution < 1.29 is 14.6 Å². The SMILES string of the molecule is CCN(C)C(=O)CN1CCOc2c(O)cc(-c3cccc(Cl)c3)cc2C1. The predicted molar refractivity (Wildman–Crippen MR) is 103 cm³/mol. The molecule has 6 heteroatoms. The van der Waals surface area contributed by atoms with Crippen LogP contribution in [0.5, 0.6) is 11.5 Å². The maximum Gasteiger partial charge on any atom is 0.236 e. The summed E-state index contributed by atoms with van der Waals surface area (Å²) in [5.74, 6) is 0.678. The molecular weight excluding hydrogens is 352 g/mol. The Morgan fingerprint density at radius 3 is 2.85 bits per heavy atom. The molecule has 26 heavy (non-hydrogen) atoms. The van der Waals surface area contributed by atoms with Crippen molar-refractivity contribution >= 4 is 17.5 Å². The molecule has 0 saturated heterocycles. The zero-order chi connectivity index (χ0) is 18.7. The number of nitrogens with zero attached hydrogens (tertiary/aromatic N) is 2. The number of carbonyl (C=O) groups is 1. The Morgan fingerprint density at radius 2 is 2.12 bits per heavy atom. The molecule has 0 aliphatic carbocycles. The van der Waals surface area contributed by atoms with E-state index in [9.17, 15) is 9.90 Å². The van der Waals surface area contributed by atoms with Crippen LogP contribution < -0.4 is 4.74 Å². The molecule has 1 amide bonds. The summed E-state index contributed by atoms with van der Waals surface area (Å²) in [5.41, 5.74) is 2.66. The van der Waals surface area contributed by atoms with E-state index >= 15 is 0 Å². The molecule has 1 aliphatic heterocycles. The lowest BCUT2D eigenvalue weighted by Crippen LogP contribution is -2.38. The van der Waals surface area contributed by atoms with E-state index in [4.69, 9.17) is 16.3 Å². The lowest BCUT2D eigenvalue weighted by atomic mass is 10.0. The normalized spacial score (nSPS) is 14.3. The van der Waals surface area contributed by atoms with E-state index in [-0.39, 0.29) is 11.7 Å². The molecule has 2 aromatic rings. The predicted octanol–water partition coefficient (Wildman–Crippen LogP) is 3.39. The van der Waals surface area contributed by atoms with Crippen LogP contribution in [0.15, 0.2) is 36.4 Å². The molecule has 0 aromatic heterocycles. The van der Waals surface area contributed by atoms with Crippen LogP contribution in [-0.4, -0.2) is 54.1 Å². The third-order valence-corrected chi connectivity index (χ3v) is 4.85. The average Bonchev–Trinajstić information content (AvgIpc) is 2.83. The van der Waals surface area contributed by atoms with Crippen LogP contribution in [0.1, 0.15) is 12.5 Å². The topological polar surface area (TPSA) is 53.0 Å². The summed E-state index contributed by atoms with van der Waals surface area (Å²) in [4.78, 5) is 16.0. The van der Waals surface area contributed by atoms with Crippen LogP contribution in [0.25, 0.3) is 11.1 Å². The van der Waals surface area contributed by atoms with Crippen molar-refractivity contribution in [2.75, 3.05) is 33.3 Å². The smallest absolute Gasteiger partial charge is 0.236 e. The zero-order valence-electron chi connectivity index (χ0n) is 15.0. The number of fused-ring (bicyclic) bond motifs is 1. The van der Waals surface area contributed by atoms with E-state index in [1.807, 2.05) is 42.2 Å². The third kappa shape index (κ3) is 4.11. The summed E-state index contributed by atoms with van der Waals surface area (Å²) in [5, 5.41) is 11.1. The molecule has 1 N–H and O–H groups in total. The quantitative estimate of drug-likeness (QED) is 0.891. The van der Waals surface area contributed by atoms with Gasteiger partial charge in [0.05, 0.1) is 6.54 Å². The van der Waals surface area contributed by atoms with Gasteiger partial charge in [0.15, 0.2) is 11.5 Å². The number of halogens is 1. The Balaban J connectivity index is 1.89. The number of carbonyl (C=O) groups excluding carboxylic acids is 1. The summed E-state index contributed by atoms with van der Waals surface area (Å²) in [6.45, 7) is 4.56. The maximum atomic E-state index is 12.2. The van der Waals surface area contributed by atoms with E-state index in [2.05, 4.69) is 0 Å². The van der Waals surface area contributed by atoms with E-state index in [1.54, 1.807) is 18.0 Å². The van der Waals surface area contributed by atoms with Gasteiger partial charge in [0.25, 0.3) is 0 Å². The standard InChI is InChI=1S/C20H23ClN2O3/c1-3-22(2)19(25)13-23-7-8-26-20-16(12-23)9-15(11-18(20)24)14-5-4-6-17(21)10-14/h4-6,9-11,24H,3,7-8,12-13H2,1-2H3. The van der Waals surface area contributed by atoms with Crippen LogP contribution in [0.4, 0.5) is 0 Å². The largest absolute Gasteiger partial charge is 0.504 e. The molecule has 0 saturated carbocycles. The summed E-state index contributed by atoms with van der Waals surface area (Å²) in [6.07, 6.45) is 0. The van der Waals surface area contributed by atoms with Gasteiger partial charge in [-0.05, 0) is 42.3 Å². The molecule has 0 atom stereocenters. The van der Waals surface area contributed by atoms with Crippen molar-refractivity contribution in [3.63, 3.8) is 0 Å². The molecular formula is C20H23ClN2O3. The fourth-order valence-corrected chi connectivity index (χ4v) is 3.20. The van der Waals surface area contributed by atoms with Crippen molar-refractivity contribution in [1.82, 2.24) is 9.80 Å². The average molecular weight is 375 g/mol. The lowest BCUT2D eigenvalue weighted by molar-refractivity contribution is -0.131. The minimum Gasteiger partial charge on any atom is -0.504 e. The molecule has 1 heterocycles. The Morgan fingerprint density at radius 1 is 1.31 bits per heavy atom. The number of hydrogen-bond acceptors (Lipinski definition) is 4. The molecule has 0 fully saturated rings. The first-order valence-corrected chi connectivity index (χ1v) is 9.06. The fourth-order valence-electron chi connectivity index (χ4n) is 3.01. The molecule has 0 radical (unpaired) electrons. The van der Waals surface area contributed by atoms with Crippen molar-refractivity contribution in [2.45, 2.75) is 13.5 Å².